The van der Waals surface area contributed by atoms with Gasteiger partial charge in [-0.05, 0) is 42.9 Å². The zero-order valence-corrected chi connectivity index (χ0v) is 15.3. The maximum Gasteiger partial charge on any atom is 0.439 e. The van der Waals surface area contributed by atoms with Crippen LogP contribution < -0.4 is 4.74 Å². The van der Waals surface area contributed by atoms with E-state index in [1.54, 1.807) is 12.1 Å². The highest BCUT2D eigenvalue weighted by Crippen LogP contribution is 2.48. The van der Waals surface area contributed by atoms with E-state index in [1.807, 2.05) is 26.0 Å². The number of aliphatic hydroxyl groups is 1. The molecule has 1 aromatic rings. The van der Waals surface area contributed by atoms with Gasteiger partial charge in [0.25, 0.3) is 11.6 Å². The second kappa shape index (κ2) is 7.14. The minimum Gasteiger partial charge on any atom is -0.484 e. The highest BCUT2D eigenvalue weighted by atomic mass is 19.4. The van der Waals surface area contributed by atoms with E-state index < -0.39 is 30.3 Å². The number of carbonyl (C=O) groups is 1. The zero-order chi connectivity index (χ0) is 19.8. The number of halogens is 3. The van der Waals surface area contributed by atoms with Crippen molar-refractivity contribution >= 4 is 11.6 Å². The Morgan fingerprint density at radius 1 is 1.33 bits per heavy atom. The Morgan fingerprint density at radius 2 is 2.00 bits per heavy atom. The van der Waals surface area contributed by atoms with E-state index in [4.69, 9.17) is 4.74 Å². The summed E-state index contributed by atoms with van der Waals surface area (Å²) in [6.45, 7) is 3.43. The van der Waals surface area contributed by atoms with Crippen molar-refractivity contribution in [3.8, 4) is 5.75 Å². The van der Waals surface area contributed by atoms with Crippen LogP contribution in [0.1, 0.15) is 51.0 Å². The number of benzene rings is 1. The summed E-state index contributed by atoms with van der Waals surface area (Å²) in [5, 5.41) is 14.5. The molecule has 0 bridgehead atoms. The quantitative estimate of drug-likeness (QED) is 0.858. The van der Waals surface area contributed by atoms with Crippen molar-refractivity contribution < 1.29 is 27.8 Å². The molecule has 5 nitrogen and oxygen atoms in total. The van der Waals surface area contributed by atoms with Gasteiger partial charge in [0.15, 0.2) is 6.61 Å². The molecule has 0 spiro atoms. The summed E-state index contributed by atoms with van der Waals surface area (Å²) in [4.78, 5) is 12.4. The molecule has 3 rings (SSSR count). The fourth-order valence-electron chi connectivity index (χ4n) is 3.62. The SMILES string of the molecule is CC(C)c1ccc(OCC(=O)N2N=C3CCCC[C@H]3[C@]2(O)C(F)(F)F)cc1. The number of amides is 1. The highest BCUT2D eigenvalue weighted by molar-refractivity contribution is 5.93. The van der Waals surface area contributed by atoms with Crippen LogP contribution in [0.25, 0.3) is 0 Å². The van der Waals surface area contributed by atoms with E-state index in [0.717, 1.165) is 5.56 Å². The van der Waals surface area contributed by atoms with Crippen LogP contribution in [0.2, 0.25) is 0 Å². The lowest BCUT2D eigenvalue weighted by Gasteiger charge is -2.38. The van der Waals surface area contributed by atoms with Gasteiger partial charge in [0.2, 0.25) is 0 Å². The second-order valence-corrected chi connectivity index (χ2v) is 7.33. The second-order valence-electron chi connectivity index (χ2n) is 7.33. The number of hydrazone groups is 1. The van der Waals surface area contributed by atoms with Gasteiger partial charge < -0.3 is 9.84 Å². The molecule has 1 saturated carbocycles. The van der Waals surface area contributed by atoms with Crippen molar-refractivity contribution in [2.45, 2.75) is 57.3 Å². The number of fused-ring (bicyclic) bond motifs is 1. The van der Waals surface area contributed by atoms with Crippen molar-refractivity contribution in [1.29, 1.82) is 0 Å². The third-order valence-corrected chi connectivity index (χ3v) is 5.18. The molecule has 0 aromatic heterocycles. The van der Waals surface area contributed by atoms with Gasteiger partial charge in [0.05, 0.1) is 5.92 Å². The normalized spacial score (nSPS) is 25.4. The maximum absolute atomic E-state index is 13.7. The smallest absolute Gasteiger partial charge is 0.439 e. The molecule has 148 valence electrons. The average Bonchev–Trinajstić information content (AvgIpc) is 2.94. The monoisotopic (exact) mass is 384 g/mol. The van der Waals surface area contributed by atoms with Gasteiger partial charge in [-0.25, -0.2) is 0 Å². The molecule has 1 heterocycles. The largest absolute Gasteiger partial charge is 0.484 e. The summed E-state index contributed by atoms with van der Waals surface area (Å²) in [7, 11) is 0. The zero-order valence-electron chi connectivity index (χ0n) is 15.3. The van der Waals surface area contributed by atoms with Crippen LogP contribution in [0.3, 0.4) is 0 Å². The Bertz CT molecular complexity index is 731. The van der Waals surface area contributed by atoms with Gasteiger partial charge in [-0.3, -0.25) is 4.79 Å². The van der Waals surface area contributed by atoms with Gasteiger partial charge in [-0.2, -0.15) is 23.3 Å². The molecular formula is C19H23F3N2O3. The number of hydrogen-bond donors (Lipinski definition) is 1. The summed E-state index contributed by atoms with van der Waals surface area (Å²) in [5.74, 6) is -1.54. The Balaban J connectivity index is 1.75. The summed E-state index contributed by atoms with van der Waals surface area (Å²) in [6, 6.07) is 6.99. The minimum absolute atomic E-state index is 0.149. The molecule has 0 unspecified atom stereocenters. The molecule has 1 amide bonds. The van der Waals surface area contributed by atoms with Crippen LogP contribution in [-0.2, 0) is 4.79 Å². The summed E-state index contributed by atoms with van der Waals surface area (Å²) in [5.41, 5.74) is -1.99. The Hall–Kier alpha value is -2.09. The lowest BCUT2D eigenvalue weighted by atomic mass is 9.80. The van der Waals surface area contributed by atoms with Crippen LogP contribution in [0.4, 0.5) is 13.2 Å². The molecule has 1 fully saturated rings. The molecule has 1 aliphatic heterocycles. The topological polar surface area (TPSA) is 62.1 Å². The van der Waals surface area contributed by atoms with Crippen molar-refractivity contribution in [3.63, 3.8) is 0 Å². The van der Waals surface area contributed by atoms with Gasteiger partial charge >= 0.3 is 6.18 Å². The molecule has 1 aromatic carbocycles. The summed E-state index contributed by atoms with van der Waals surface area (Å²) < 4.78 is 46.3. The van der Waals surface area contributed by atoms with Gasteiger partial charge in [-0.1, -0.05) is 32.4 Å². The van der Waals surface area contributed by atoms with Crippen LogP contribution in [0, 0.1) is 5.92 Å². The van der Waals surface area contributed by atoms with Crippen LogP contribution >= 0.6 is 0 Å². The van der Waals surface area contributed by atoms with Gasteiger partial charge in [0.1, 0.15) is 5.75 Å². The highest BCUT2D eigenvalue weighted by Gasteiger charge is 2.68. The molecule has 1 aliphatic carbocycles. The van der Waals surface area contributed by atoms with Gasteiger partial charge in [0, 0.05) is 5.71 Å². The fraction of sp³-hybridized carbons (Fsp3) is 0.579. The molecule has 0 saturated heterocycles. The van der Waals surface area contributed by atoms with Crippen LogP contribution in [0.5, 0.6) is 5.75 Å². The predicted molar refractivity (Wildman–Crippen MR) is 93.3 cm³/mol. The summed E-state index contributed by atoms with van der Waals surface area (Å²) >= 11 is 0. The lowest BCUT2D eigenvalue weighted by molar-refractivity contribution is -0.317. The number of carbonyl (C=O) groups excluding carboxylic acids is 1. The molecule has 8 heteroatoms. The average molecular weight is 384 g/mol. The third-order valence-electron chi connectivity index (χ3n) is 5.18. The fourth-order valence-corrected chi connectivity index (χ4v) is 3.62. The van der Waals surface area contributed by atoms with Crippen LogP contribution in [-0.4, -0.2) is 40.2 Å². The number of hydrogen-bond acceptors (Lipinski definition) is 4. The van der Waals surface area contributed by atoms with E-state index in [2.05, 4.69) is 5.10 Å². The molecule has 0 radical (unpaired) electrons. The van der Waals surface area contributed by atoms with E-state index >= 15 is 0 Å². The van der Waals surface area contributed by atoms with Gasteiger partial charge in [-0.15, -0.1) is 0 Å². The Labute approximate surface area is 155 Å². The molecule has 27 heavy (non-hydrogen) atoms. The van der Waals surface area contributed by atoms with Crippen molar-refractivity contribution in [2.24, 2.45) is 11.0 Å². The van der Waals surface area contributed by atoms with Crippen molar-refractivity contribution in [2.75, 3.05) is 6.61 Å². The molecule has 2 aliphatic rings. The lowest BCUT2D eigenvalue weighted by Crippen LogP contribution is -2.62. The first kappa shape index (κ1) is 19.7. The Morgan fingerprint density at radius 3 is 2.59 bits per heavy atom. The minimum atomic E-state index is -5.01. The Kier molecular flexibility index (Phi) is 5.20. The number of alkyl halides is 3. The number of rotatable bonds is 4. The van der Waals surface area contributed by atoms with E-state index in [9.17, 15) is 23.1 Å². The first-order valence-corrected chi connectivity index (χ1v) is 9.07. The first-order chi connectivity index (χ1) is 12.6. The summed E-state index contributed by atoms with van der Waals surface area (Å²) in [6.07, 6.45) is -3.25. The molecule has 2 atom stereocenters. The van der Waals surface area contributed by atoms with E-state index in [1.165, 1.54) is 0 Å². The predicted octanol–water partition coefficient (Wildman–Crippen LogP) is 3.83. The maximum atomic E-state index is 13.7. The van der Waals surface area contributed by atoms with Crippen molar-refractivity contribution in [3.05, 3.63) is 29.8 Å². The van der Waals surface area contributed by atoms with Crippen molar-refractivity contribution in [1.82, 2.24) is 5.01 Å². The molecular weight excluding hydrogens is 361 g/mol. The van der Waals surface area contributed by atoms with E-state index in [-0.39, 0.29) is 17.1 Å². The first-order valence-electron chi connectivity index (χ1n) is 9.07. The van der Waals surface area contributed by atoms with E-state index in [0.29, 0.717) is 30.9 Å². The van der Waals surface area contributed by atoms with Crippen LogP contribution in [0.15, 0.2) is 29.4 Å². The number of ether oxygens (including phenoxy) is 1. The number of nitrogens with zero attached hydrogens (tertiary/aromatic N) is 2. The molecule has 1 N–H and O–H groups in total. The third kappa shape index (κ3) is 3.54. The standard InChI is InChI=1S/C19H23F3N2O3/c1-12(2)13-7-9-14(10-8-13)27-11-17(25)24-18(26,19(20,21)22)15-5-3-4-6-16(15)23-24/h7-10,12,15,26H,3-6,11H2,1-2H3/t15-,18+/m1/s1.